The van der Waals surface area contributed by atoms with Crippen molar-refractivity contribution < 1.29 is 9.53 Å². The van der Waals surface area contributed by atoms with E-state index in [1.165, 1.54) is 12.8 Å². The Morgan fingerprint density at radius 1 is 1.35 bits per heavy atom. The van der Waals surface area contributed by atoms with Crippen molar-refractivity contribution in [3.63, 3.8) is 0 Å². The second-order valence-corrected chi connectivity index (χ2v) is 7.25. The highest BCUT2D eigenvalue weighted by Crippen LogP contribution is 2.25. The molecule has 2 aliphatic rings. The lowest BCUT2D eigenvalue weighted by Gasteiger charge is -2.28. The van der Waals surface area contributed by atoms with E-state index in [1.807, 2.05) is 23.6 Å². The maximum absolute atomic E-state index is 12.2. The molecule has 1 atom stereocenters. The average molecular weight is 300 g/mol. The van der Waals surface area contributed by atoms with Crippen LogP contribution in [0.25, 0.3) is 0 Å². The van der Waals surface area contributed by atoms with Crippen LogP contribution in [-0.2, 0) is 9.53 Å². The van der Waals surface area contributed by atoms with Gasteiger partial charge < -0.3 is 15.0 Å². The van der Waals surface area contributed by atoms with Crippen LogP contribution in [0.4, 0.5) is 0 Å². The first-order valence-electron chi connectivity index (χ1n) is 7.93. The summed E-state index contributed by atoms with van der Waals surface area (Å²) in [5.74, 6) is 2.11. The molecule has 1 saturated carbocycles. The molecule has 1 aliphatic heterocycles. The summed E-state index contributed by atoms with van der Waals surface area (Å²) >= 11 is 1.90. The van der Waals surface area contributed by atoms with Gasteiger partial charge in [0.05, 0.1) is 11.5 Å². The van der Waals surface area contributed by atoms with Gasteiger partial charge in [-0.15, -0.1) is 11.8 Å². The molecule has 1 heterocycles. The summed E-state index contributed by atoms with van der Waals surface area (Å²) in [5, 5.41) is 3.81. The van der Waals surface area contributed by atoms with Crippen LogP contribution in [0.5, 0.6) is 0 Å². The van der Waals surface area contributed by atoms with Crippen molar-refractivity contribution in [3.8, 4) is 0 Å². The molecule has 0 spiro atoms. The summed E-state index contributed by atoms with van der Waals surface area (Å²) in [7, 11) is 0. The molecular weight excluding hydrogens is 272 g/mol. The summed E-state index contributed by atoms with van der Waals surface area (Å²) in [6, 6.07) is 0. The van der Waals surface area contributed by atoms with Crippen molar-refractivity contribution in [2.75, 3.05) is 32.0 Å². The average Bonchev–Trinajstić information content (AvgIpc) is 2.97. The minimum absolute atomic E-state index is 0.139. The molecule has 2 rings (SSSR count). The first-order chi connectivity index (χ1) is 9.69. The van der Waals surface area contributed by atoms with E-state index in [4.69, 9.17) is 4.74 Å². The number of carbonyl (C=O) groups excluding carboxylic acids is 1. The highest BCUT2D eigenvalue weighted by Gasteiger charge is 2.23. The van der Waals surface area contributed by atoms with Crippen molar-refractivity contribution in [1.82, 2.24) is 10.2 Å². The van der Waals surface area contributed by atoms with Crippen LogP contribution >= 0.6 is 11.8 Å². The molecule has 116 valence electrons. The third-order valence-corrected chi connectivity index (χ3v) is 5.48. The fraction of sp³-hybridized carbons (Fsp3) is 0.933. The zero-order chi connectivity index (χ0) is 14.4. The number of nitrogens with zero attached hydrogens (tertiary/aromatic N) is 1. The number of nitrogens with one attached hydrogen (secondary N) is 1. The molecule has 1 unspecified atom stereocenters. The summed E-state index contributed by atoms with van der Waals surface area (Å²) in [4.78, 5) is 14.2. The minimum Gasteiger partial charge on any atom is -0.368 e. The standard InChI is InChI=1S/C15H28N2O2S/c1-3-17(10-14-16-8-9-20-14)15(18)11-19-13-6-4-12(2)5-7-13/h12-14,16H,3-11H2,1-2H3. The van der Waals surface area contributed by atoms with Crippen LogP contribution in [0.15, 0.2) is 0 Å². The predicted molar refractivity (Wildman–Crippen MR) is 83.9 cm³/mol. The first kappa shape index (κ1) is 16.1. The van der Waals surface area contributed by atoms with Gasteiger partial charge in [0.2, 0.25) is 5.91 Å². The molecule has 1 N–H and O–H groups in total. The predicted octanol–water partition coefficient (Wildman–Crippen LogP) is 2.09. The maximum atomic E-state index is 12.2. The zero-order valence-electron chi connectivity index (χ0n) is 12.8. The van der Waals surface area contributed by atoms with E-state index >= 15 is 0 Å². The molecule has 5 heteroatoms. The van der Waals surface area contributed by atoms with Gasteiger partial charge in [-0.2, -0.15) is 0 Å². The van der Waals surface area contributed by atoms with E-state index in [0.29, 0.717) is 11.5 Å². The van der Waals surface area contributed by atoms with Crippen LogP contribution in [-0.4, -0.2) is 54.3 Å². The molecule has 2 fully saturated rings. The quantitative estimate of drug-likeness (QED) is 0.815. The summed E-state index contributed by atoms with van der Waals surface area (Å²) in [6.07, 6.45) is 4.99. The van der Waals surface area contributed by atoms with Gasteiger partial charge in [0.25, 0.3) is 0 Å². The second-order valence-electron chi connectivity index (χ2n) is 5.94. The third kappa shape index (κ3) is 4.93. The van der Waals surface area contributed by atoms with Crippen LogP contribution in [0.2, 0.25) is 0 Å². The number of carbonyl (C=O) groups is 1. The summed E-state index contributed by atoms with van der Waals surface area (Å²) in [6.45, 7) is 7.21. The zero-order valence-corrected chi connectivity index (χ0v) is 13.6. The Balaban J connectivity index is 1.68. The molecule has 0 radical (unpaired) electrons. The molecule has 1 amide bonds. The van der Waals surface area contributed by atoms with Crippen LogP contribution in [0.1, 0.15) is 39.5 Å². The number of likely N-dealkylation sites (N-methyl/N-ethyl adjacent to an activating group) is 1. The van der Waals surface area contributed by atoms with Gasteiger partial charge in [-0.25, -0.2) is 0 Å². The number of hydrogen-bond acceptors (Lipinski definition) is 4. The van der Waals surface area contributed by atoms with Crippen molar-refractivity contribution in [2.24, 2.45) is 5.92 Å². The smallest absolute Gasteiger partial charge is 0.248 e. The van der Waals surface area contributed by atoms with Gasteiger partial charge in [-0.05, 0) is 38.5 Å². The number of hydrogen-bond donors (Lipinski definition) is 1. The molecular formula is C15H28N2O2S. The van der Waals surface area contributed by atoms with Gasteiger partial charge in [-0.1, -0.05) is 6.92 Å². The van der Waals surface area contributed by atoms with Gasteiger partial charge in [0.1, 0.15) is 6.61 Å². The van der Waals surface area contributed by atoms with Gasteiger partial charge in [0.15, 0.2) is 0 Å². The third-order valence-electron chi connectivity index (χ3n) is 4.32. The number of rotatable bonds is 6. The Hall–Kier alpha value is -0.260. The molecule has 1 saturated heterocycles. The van der Waals surface area contributed by atoms with Crippen molar-refractivity contribution in [3.05, 3.63) is 0 Å². The Bertz CT molecular complexity index is 300. The van der Waals surface area contributed by atoms with Crippen LogP contribution < -0.4 is 5.32 Å². The molecule has 0 aromatic rings. The van der Waals surface area contributed by atoms with E-state index in [1.54, 1.807) is 0 Å². The fourth-order valence-electron chi connectivity index (χ4n) is 2.88. The highest BCUT2D eigenvalue weighted by molar-refractivity contribution is 8.00. The van der Waals surface area contributed by atoms with Crippen LogP contribution in [0, 0.1) is 5.92 Å². The van der Waals surface area contributed by atoms with E-state index in [2.05, 4.69) is 12.2 Å². The largest absolute Gasteiger partial charge is 0.368 e. The highest BCUT2D eigenvalue weighted by atomic mass is 32.2. The SMILES string of the molecule is CCN(CC1NCCS1)C(=O)COC1CCC(C)CC1. The van der Waals surface area contributed by atoms with Gasteiger partial charge >= 0.3 is 0 Å². The van der Waals surface area contributed by atoms with Crippen molar-refractivity contribution in [1.29, 1.82) is 0 Å². The topological polar surface area (TPSA) is 41.6 Å². The second kappa shape index (κ2) is 8.25. The van der Waals surface area contributed by atoms with Gasteiger partial charge in [0, 0.05) is 25.4 Å². The Morgan fingerprint density at radius 3 is 2.70 bits per heavy atom. The van der Waals surface area contributed by atoms with E-state index < -0.39 is 0 Å². The lowest BCUT2D eigenvalue weighted by Crippen LogP contribution is -2.42. The monoisotopic (exact) mass is 300 g/mol. The summed E-state index contributed by atoms with van der Waals surface area (Å²) in [5.41, 5.74) is 0. The summed E-state index contributed by atoms with van der Waals surface area (Å²) < 4.78 is 5.82. The molecule has 0 aromatic heterocycles. The van der Waals surface area contributed by atoms with Crippen LogP contribution in [0.3, 0.4) is 0 Å². The minimum atomic E-state index is 0.139. The number of amides is 1. The Kier molecular flexibility index (Phi) is 6.65. The lowest BCUT2D eigenvalue weighted by atomic mass is 9.89. The molecule has 20 heavy (non-hydrogen) atoms. The Labute approximate surface area is 127 Å². The van der Waals surface area contributed by atoms with E-state index in [0.717, 1.165) is 44.1 Å². The molecule has 4 nitrogen and oxygen atoms in total. The molecule has 1 aliphatic carbocycles. The fourth-order valence-corrected chi connectivity index (χ4v) is 3.92. The first-order valence-corrected chi connectivity index (χ1v) is 8.98. The Morgan fingerprint density at radius 2 is 2.10 bits per heavy atom. The number of thioether (sulfide) groups is 1. The van der Waals surface area contributed by atoms with Gasteiger partial charge in [-0.3, -0.25) is 4.79 Å². The van der Waals surface area contributed by atoms with E-state index in [9.17, 15) is 4.79 Å². The lowest BCUT2D eigenvalue weighted by molar-refractivity contribution is -0.138. The molecule has 0 aromatic carbocycles. The normalized spacial score (nSPS) is 30.4. The molecule has 0 bridgehead atoms. The maximum Gasteiger partial charge on any atom is 0.248 e. The van der Waals surface area contributed by atoms with Crippen molar-refractivity contribution in [2.45, 2.75) is 51.0 Å². The number of ether oxygens (including phenoxy) is 1. The van der Waals surface area contributed by atoms with Crippen molar-refractivity contribution >= 4 is 17.7 Å². The van der Waals surface area contributed by atoms with E-state index in [-0.39, 0.29) is 12.5 Å².